The van der Waals surface area contributed by atoms with Crippen molar-refractivity contribution in [2.45, 2.75) is 13.3 Å². The number of hydrogen-bond donors (Lipinski definition) is 2. The first-order valence-corrected chi connectivity index (χ1v) is 4.23. The molecule has 0 unspecified atom stereocenters. The van der Waals surface area contributed by atoms with Crippen molar-refractivity contribution in [3.05, 3.63) is 29.3 Å². The van der Waals surface area contributed by atoms with Gasteiger partial charge in [-0.15, -0.1) is 0 Å². The van der Waals surface area contributed by atoms with Gasteiger partial charge in [0.15, 0.2) is 0 Å². The first-order chi connectivity index (χ1) is 6.25. The zero-order valence-electron chi connectivity index (χ0n) is 7.67. The van der Waals surface area contributed by atoms with Crippen molar-refractivity contribution in [3.63, 3.8) is 0 Å². The van der Waals surface area contributed by atoms with Gasteiger partial charge in [0.25, 0.3) is 0 Å². The minimum absolute atomic E-state index is 0.240. The van der Waals surface area contributed by atoms with E-state index in [1.165, 1.54) is 0 Å². The second-order valence-corrected chi connectivity index (χ2v) is 2.81. The predicted octanol–water partition coefficient (Wildman–Crippen LogP) is 1.40. The van der Waals surface area contributed by atoms with E-state index in [0.29, 0.717) is 18.5 Å². The van der Waals surface area contributed by atoms with Gasteiger partial charge in [0.2, 0.25) is 0 Å². The minimum Gasteiger partial charge on any atom is -0.507 e. The van der Waals surface area contributed by atoms with Gasteiger partial charge in [-0.3, -0.25) is 0 Å². The highest BCUT2D eigenvalue weighted by Crippen LogP contribution is 2.18. The van der Waals surface area contributed by atoms with E-state index in [9.17, 15) is 5.11 Å². The molecule has 2 nitrogen and oxygen atoms in total. The van der Waals surface area contributed by atoms with Gasteiger partial charge in [0.05, 0.1) is 5.56 Å². The smallest absolute Gasteiger partial charge is 0.131 e. The van der Waals surface area contributed by atoms with Gasteiger partial charge in [-0.25, -0.2) is 0 Å². The molecule has 1 rings (SSSR count). The predicted molar refractivity (Wildman–Crippen MR) is 53.4 cm³/mol. The lowest BCUT2D eigenvalue weighted by atomic mass is 10.1. The Morgan fingerprint density at radius 3 is 2.85 bits per heavy atom. The molecule has 0 spiro atoms. The Morgan fingerprint density at radius 1 is 1.46 bits per heavy atom. The van der Waals surface area contributed by atoms with Gasteiger partial charge in [-0.05, 0) is 18.6 Å². The number of rotatable bonds is 1. The van der Waals surface area contributed by atoms with Crippen LogP contribution >= 0.6 is 0 Å². The van der Waals surface area contributed by atoms with E-state index in [1.807, 2.05) is 13.0 Å². The SMILES string of the molecule is Cc1cccc(O)c1C#CCCN. The molecule has 1 aromatic rings. The lowest BCUT2D eigenvalue weighted by Gasteiger charge is -1.99. The van der Waals surface area contributed by atoms with Crippen LogP contribution in [0.5, 0.6) is 5.75 Å². The maximum atomic E-state index is 9.46. The Balaban J connectivity index is 2.95. The van der Waals surface area contributed by atoms with E-state index in [0.717, 1.165) is 5.56 Å². The summed E-state index contributed by atoms with van der Waals surface area (Å²) in [4.78, 5) is 0. The summed E-state index contributed by atoms with van der Waals surface area (Å²) in [6.45, 7) is 2.48. The second kappa shape index (κ2) is 4.54. The van der Waals surface area contributed by atoms with E-state index in [-0.39, 0.29) is 5.75 Å². The molecule has 0 atom stereocenters. The number of benzene rings is 1. The highest BCUT2D eigenvalue weighted by atomic mass is 16.3. The summed E-state index contributed by atoms with van der Waals surface area (Å²) in [6.07, 6.45) is 0.660. The van der Waals surface area contributed by atoms with E-state index in [4.69, 9.17) is 5.73 Å². The van der Waals surface area contributed by atoms with Crippen molar-refractivity contribution < 1.29 is 5.11 Å². The van der Waals surface area contributed by atoms with Crippen LogP contribution in [0.2, 0.25) is 0 Å². The van der Waals surface area contributed by atoms with Gasteiger partial charge in [0.1, 0.15) is 5.75 Å². The number of nitrogens with two attached hydrogens (primary N) is 1. The lowest BCUT2D eigenvalue weighted by Crippen LogP contribution is -1.95. The third-order valence-electron chi connectivity index (χ3n) is 1.73. The first kappa shape index (κ1) is 9.63. The van der Waals surface area contributed by atoms with Crippen molar-refractivity contribution in [1.29, 1.82) is 0 Å². The molecule has 0 saturated heterocycles. The van der Waals surface area contributed by atoms with Crippen LogP contribution in [0.25, 0.3) is 0 Å². The molecule has 0 bridgehead atoms. The maximum Gasteiger partial charge on any atom is 0.131 e. The topological polar surface area (TPSA) is 46.2 Å². The van der Waals surface area contributed by atoms with Crippen LogP contribution in [-0.4, -0.2) is 11.7 Å². The first-order valence-electron chi connectivity index (χ1n) is 4.23. The molecule has 0 amide bonds. The molecule has 0 heterocycles. The Hall–Kier alpha value is -1.46. The fraction of sp³-hybridized carbons (Fsp3) is 0.273. The fourth-order valence-electron chi connectivity index (χ4n) is 1.04. The zero-order chi connectivity index (χ0) is 9.68. The summed E-state index contributed by atoms with van der Waals surface area (Å²) >= 11 is 0. The molecule has 0 fully saturated rings. The van der Waals surface area contributed by atoms with E-state index in [1.54, 1.807) is 12.1 Å². The van der Waals surface area contributed by atoms with Crippen LogP contribution in [0.1, 0.15) is 17.5 Å². The molecule has 0 aliphatic heterocycles. The zero-order valence-corrected chi connectivity index (χ0v) is 7.67. The maximum absolute atomic E-state index is 9.46. The molecule has 2 heteroatoms. The van der Waals surface area contributed by atoms with Crippen LogP contribution in [0.4, 0.5) is 0 Å². The quantitative estimate of drug-likeness (QED) is 0.634. The van der Waals surface area contributed by atoms with Crippen molar-refractivity contribution in [1.82, 2.24) is 0 Å². The molecule has 3 N–H and O–H groups in total. The molecule has 0 aliphatic carbocycles. The van der Waals surface area contributed by atoms with Crippen LogP contribution in [0.3, 0.4) is 0 Å². The largest absolute Gasteiger partial charge is 0.507 e. The summed E-state index contributed by atoms with van der Waals surface area (Å²) in [7, 11) is 0. The van der Waals surface area contributed by atoms with Crippen LogP contribution < -0.4 is 5.73 Å². The molecule has 68 valence electrons. The third kappa shape index (κ3) is 2.50. The summed E-state index contributed by atoms with van der Waals surface area (Å²) in [5.74, 6) is 6.04. The van der Waals surface area contributed by atoms with Gasteiger partial charge < -0.3 is 10.8 Å². The second-order valence-electron chi connectivity index (χ2n) is 2.81. The normalized spacial score (nSPS) is 9.08. The molecule has 0 aliphatic rings. The van der Waals surface area contributed by atoms with Gasteiger partial charge in [0, 0.05) is 13.0 Å². The fourth-order valence-corrected chi connectivity index (χ4v) is 1.04. The van der Waals surface area contributed by atoms with Crippen LogP contribution in [-0.2, 0) is 0 Å². The summed E-state index contributed by atoms with van der Waals surface area (Å²) in [5, 5.41) is 9.46. The average Bonchev–Trinajstić information content (AvgIpc) is 2.10. The molecular formula is C11H13NO. The molecule has 0 saturated carbocycles. The number of aryl methyl sites for hydroxylation is 1. The number of phenols is 1. The lowest BCUT2D eigenvalue weighted by molar-refractivity contribution is 0.473. The van der Waals surface area contributed by atoms with Gasteiger partial charge >= 0.3 is 0 Å². The summed E-state index contributed by atoms with van der Waals surface area (Å²) in [6, 6.07) is 5.37. The Morgan fingerprint density at radius 2 is 2.23 bits per heavy atom. The van der Waals surface area contributed by atoms with Crippen molar-refractivity contribution in [3.8, 4) is 17.6 Å². The van der Waals surface area contributed by atoms with E-state index >= 15 is 0 Å². The van der Waals surface area contributed by atoms with E-state index < -0.39 is 0 Å². The van der Waals surface area contributed by atoms with Crippen molar-refractivity contribution in [2.75, 3.05) is 6.54 Å². The van der Waals surface area contributed by atoms with Crippen molar-refractivity contribution >= 4 is 0 Å². The van der Waals surface area contributed by atoms with Gasteiger partial charge in [-0.1, -0.05) is 24.0 Å². The molecular weight excluding hydrogens is 162 g/mol. The molecule has 13 heavy (non-hydrogen) atoms. The average molecular weight is 175 g/mol. The molecule has 0 aromatic heterocycles. The number of phenolic OH excluding ortho intramolecular Hbond substituents is 1. The Bertz CT molecular complexity index is 327. The number of hydrogen-bond acceptors (Lipinski definition) is 2. The van der Waals surface area contributed by atoms with Crippen LogP contribution in [0.15, 0.2) is 18.2 Å². The summed E-state index contributed by atoms with van der Waals surface area (Å²) < 4.78 is 0. The standard InChI is InChI=1S/C11H13NO/c1-9-5-4-7-11(13)10(9)6-2-3-8-12/h4-5,7,13H,3,8,12H2,1H3. The Labute approximate surface area is 78.4 Å². The third-order valence-corrected chi connectivity index (χ3v) is 1.73. The minimum atomic E-state index is 0.240. The number of aromatic hydroxyl groups is 1. The monoisotopic (exact) mass is 175 g/mol. The highest BCUT2D eigenvalue weighted by molar-refractivity contribution is 5.50. The summed E-state index contributed by atoms with van der Waals surface area (Å²) in [5.41, 5.74) is 7.00. The Kier molecular flexibility index (Phi) is 3.36. The van der Waals surface area contributed by atoms with Crippen molar-refractivity contribution in [2.24, 2.45) is 5.73 Å². The van der Waals surface area contributed by atoms with E-state index in [2.05, 4.69) is 11.8 Å². The van der Waals surface area contributed by atoms with Gasteiger partial charge in [-0.2, -0.15) is 0 Å². The highest BCUT2D eigenvalue weighted by Gasteiger charge is 1.98. The molecule has 0 radical (unpaired) electrons. The van der Waals surface area contributed by atoms with Crippen LogP contribution in [0, 0.1) is 18.8 Å². The molecule has 1 aromatic carbocycles.